The lowest BCUT2D eigenvalue weighted by molar-refractivity contribution is 0.525. The topological polar surface area (TPSA) is 52.0 Å². The molecule has 1 aromatic rings. The highest BCUT2D eigenvalue weighted by atomic mass is 16.4. The van der Waals surface area contributed by atoms with Crippen LogP contribution >= 0.6 is 0 Å². The number of aromatic nitrogens is 1. The Morgan fingerprint density at radius 3 is 2.73 bits per heavy atom. The summed E-state index contributed by atoms with van der Waals surface area (Å²) in [5.41, 5.74) is 6.43. The molecule has 0 amide bonds. The molecule has 0 bridgehead atoms. The van der Waals surface area contributed by atoms with Crippen molar-refractivity contribution in [2.75, 3.05) is 5.73 Å². The maximum absolute atomic E-state index is 5.41. The van der Waals surface area contributed by atoms with Crippen LogP contribution < -0.4 is 5.73 Å². The number of rotatable bonds is 3. The third-order valence-electron chi connectivity index (χ3n) is 1.60. The highest BCUT2D eigenvalue weighted by Crippen LogP contribution is 2.14. The van der Waals surface area contributed by atoms with E-state index < -0.39 is 0 Å². The highest BCUT2D eigenvalue weighted by Gasteiger charge is 2.07. The minimum Gasteiger partial charge on any atom is -0.429 e. The normalized spacial score (nSPS) is 10.4. The minimum atomic E-state index is 0.297. The summed E-state index contributed by atoms with van der Waals surface area (Å²) < 4.78 is 5.18. The number of nitrogen functional groups attached to an aromatic ring is 1. The summed E-state index contributed by atoms with van der Waals surface area (Å²) in [6.07, 6.45) is 2.92. The molecule has 1 heterocycles. The lowest BCUT2D eigenvalue weighted by Crippen LogP contribution is -1.89. The molecule has 0 saturated heterocycles. The van der Waals surface area contributed by atoms with Crippen molar-refractivity contribution in [3.8, 4) is 0 Å². The lowest BCUT2D eigenvalue weighted by Gasteiger charge is -1.92. The van der Waals surface area contributed by atoms with Crippen LogP contribution in [0.4, 0.5) is 6.01 Å². The van der Waals surface area contributed by atoms with E-state index in [-0.39, 0.29) is 0 Å². The zero-order chi connectivity index (χ0) is 8.27. The van der Waals surface area contributed by atoms with Gasteiger partial charge < -0.3 is 10.2 Å². The SMILES string of the molecule is CCCc1nc(N)oc1CC. The second-order valence-corrected chi connectivity index (χ2v) is 2.53. The van der Waals surface area contributed by atoms with Gasteiger partial charge >= 0.3 is 0 Å². The van der Waals surface area contributed by atoms with Gasteiger partial charge in [0, 0.05) is 6.42 Å². The third-order valence-corrected chi connectivity index (χ3v) is 1.60. The molecule has 62 valence electrons. The maximum atomic E-state index is 5.41. The molecule has 0 unspecified atom stereocenters. The van der Waals surface area contributed by atoms with Gasteiger partial charge in [-0.05, 0) is 6.42 Å². The molecular formula is C8H14N2O. The lowest BCUT2D eigenvalue weighted by atomic mass is 10.2. The molecule has 0 saturated carbocycles. The van der Waals surface area contributed by atoms with Gasteiger partial charge in [0.05, 0.1) is 5.69 Å². The minimum absolute atomic E-state index is 0.297. The zero-order valence-corrected chi connectivity index (χ0v) is 7.05. The number of aryl methyl sites for hydroxylation is 2. The summed E-state index contributed by atoms with van der Waals surface area (Å²) in [5.74, 6) is 0.935. The van der Waals surface area contributed by atoms with Crippen molar-refractivity contribution in [3.63, 3.8) is 0 Å². The molecule has 0 aliphatic carbocycles. The third kappa shape index (κ3) is 1.73. The zero-order valence-electron chi connectivity index (χ0n) is 7.05. The highest BCUT2D eigenvalue weighted by molar-refractivity contribution is 5.20. The van der Waals surface area contributed by atoms with Crippen LogP contribution in [0.3, 0.4) is 0 Å². The Morgan fingerprint density at radius 1 is 1.45 bits per heavy atom. The molecule has 0 aliphatic rings. The van der Waals surface area contributed by atoms with E-state index in [2.05, 4.69) is 11.9 Å². The van der Waals surface area contributed by atoms with Crippen LogP contribution in [0.5, 0.6) is 0 Å². The Kier molecular flexibility index (Phi) is 2.52. The standard InChI is InChI=1S/C8H14N2O/c1-3-5-6-7(4-2)11-8(9)10-6/h3-5H2,1-2H3,(H2,9,10). The Bertz CT molecular complexity index is 230. The quantitative estimate of drug-likeness (QED) is 0.721. The smallest absolute Gasteiger partial charge is 0.292 e. The first-order valence-corrected chi connectivity index (χ1v) is 4.02. The summed E-state index contributed by atoms with van der Waals surface area (Å²) >= 11 is 0. The van der Waals surface area contributed by atoms with E-state index in [1.54, 1.807) is 0 Å². The van der Waals surface area contributed by atoms with Crippen LogP contribution in [0.25, 0.3) is 0 Å². The summed E-state index contributed by atoms with van der Waals surface area (Å²) in [5, 5.41) is 0. The fourth-order valence-corrected chi connectivity index (χ4v) is 1.11. The van der Waals surface area contributed by atoms with Gasteiger partial charge in [-0.2, -0.15) is 4.98 Å². The van der Waals surface area contributed by atoms with Crippen LogP contribution in [0, 0.1) is 0 Å². The van der Waals surface area contributed by atoms with E-state index in [9.17, 15) is 0 Å². The first-order chi connectivity index (χ1) is 5.27. The average Bonchev–Trinajstić information content (AvgIpc) is 2.32. The number of hydrogen-bond donors (Lipinski definition) is 1. The van der Waals surface area contributed by atoms with Crippen molar-refractivity contribution in [3.05, 3.63) is 11.5 Å². The summed E-state index contributed by atoms with van der Waals surface area (Å²) in [7, 11) is 0. The molecule has 0 atom stereocenters. The second-order valence-electron chi connectivity index (χ2n) is 2.53. The van der Waals surface area contributed by atoms with Gasteiger partial charge in [0.15, 0.2) is 0 Å². The van der Waals surface area contributed by atoms with Crippen LogP contribution in [0.15, 0.2) is 4.42 Å². The molecular weight excluding hydrogens is 140 g/mol. The summed E-state index contributed by atoms with van der Waals surface area (Å²) in [6, 6.07) is 0.297. The van der Waals surface area contributed by atoms with Gasteiger partial charge in [0.25, 0.3) is 6.01 Å². The van der Waals surface area contributed by atoms with E-state index >= 15 is 0 Å². The van der Waals surface area contributed by atoms with E-state index in [0.717, 1.165) is 30.7 Å². The number of nitrogens with two attached hydrogens (primary N) is 1. The molecule has 2 N–H and O–H groups in total. The van der Waals surface area contributed by atoms with Crippen molar-refractivity contribution in [1.29, 1.82) is 0 Å². The van der Waals surface area contributed by atoms with E-state index in [1.807, 2.05) is 6.92 Å². The molecule has 3 heteroatoms. The second kappa shape index (κ2) is 3.42. The largest absolute Gasteiger partial charge is 0.429 e. The first kappa shape index (κ1) is 8.11. The maximum Gasteiger partial charge on any atom is 0.292 e. The fourth-order valence-electron chi connectivity index (χ4n) is 1.11. The number of oxazole rings is 1. The number of nitrogens with zero attached hydrogens (tertiary/aromatic N) is 1. The van der Waals surface area contributed by atoms with Crippen molar-refractivity contribution < 1.29 is 4.42 Å². The monoisotopic (exact) mass is 154 g/mol. The van der Waals surface area contributed by atoms with Gasteiger partial charge in [0.2, 0.25) is 0 Å². The van der Waals surface area contributed by atoms with Crippen molar-refractivity contribution >= 4 is 6.01 Å². The average molecular weight is 154 g/mol. The number of anilines is 1. The van der Waals surface area contributed by atoms with Crippen LogP contribution in [0.1, 0.15) is 31.7 Å². The van der Waals surface area contributed by atoms with Crippen molar-refractivity contribution in [2.24, 2.45) is 0 Å². The van der Waals surface area contributed by atoms with Crippen LogP contribution in [-0.2, 0) is 12.8 Å². The van der Waals surface area contributed by atoms with Gasteiger partial charge in [0.1, 0.15) is 5.76 Å². The Hall–Kier alpha value is -0.990. The molecule has 0 radical (unpaired) electrons. The van der Waals surface area contributed by atoms with E-state index in [1.165, 1.54) is 0 Å². The molecule has 3 nitrogen and oxygen atoms in total. The molecule has 0 fully saturated rings. The Morgan fingerprint density at radius 2 is 2.18 bits per heavy atom. The van der Waals surface area contributed by atoms with Gasteiger partial charge in [-0.1, -0.05) is 20.3 Å². The molecule has 11 heavy (non-hydrogen) atoms. The molecule has 0 aliphatic heterocycles. The molecule has 1 rings (SSSR count). The predicted octanol–water partition coefficient (Wildman–Crippen LogP) is 1.77. The molecule has 0 spiro atoms. The predicted molar refractivity (Wildman–Crippen MR) is 44.3 cm³/mol. The van der Waals surface area contributed by atoms with Crippen molar-refractivity contribution in [1.82, 2.24) is 4.98 Å². The van der Waals surface area contributed by atoms with E-state index in [0.29, 0.717) is 6.01 Å². The first-order valence-electron chi connectivity index (χ1n) is 4.02. The van der Waals surface area contributed by atoms with Crippen LogP contribution in [0.2, 0.25) is 0 Å². The summed E-state index contributed by atoms with van der Waals surface area (Å²) in [4.78, 5) is 4.08. The van der Waals surface area contributed by atoms with Gasteiger partial charge in [-0.25, -0.2) is 0 Å². The van der Waals surface area contributed by atoms with Crippen LogP contribution in [-0.4, -0.2) is 4.98 Å². The van der Waals surface area contributed by atoms with Gasteiger partial charge in [-0.3, -0.25) is 0 Å². The van der Waals surface area contributed by atoms with Gasteiger partial charge in [-0.15, -0.1) is 0 Å². The fraction of sp³-hybridized carbons (Fsp3) is 0.625. The summed E-state index contributed by atoms with van der Waals surface area (Å²) in [6.45, 7) is 4.16. The number of hydrogen-bond acceptors (Lipinski definition) is 3. The van der Waals surface area contributed by atoms with Crippen molar-refractivity contribution in [2.45, 2.75) is 33.1 Å². The molecule has 0 aromatic carbocycles. The molecule has 1 aromatic heterocycles. The van der Waals surface area contributed by atoms with E-state index in [4.69, 9.17) is 10.2 Å². The Balaban J connectivity index is 2.83. The Labute approximate surface area is 66.6 Å².